The van der Waals surface area contributed by atoms with Gasteiger partial charge >= 0.3 is 6.09 Å². The number of nitrogens with one attached hydrogen (secondary N) is 2. The lowest BCUT2D eigenvalue weighted by molar-refractivity contribution is 0.0502. The molecule has 0 bridgehead atoms. The van der Waals surface area contributed by atoms with Crippen LogP contribution in [0.3, 0.4) is 0 Å². The Balaban J connectivity index is 2.48. The summed E-state index contributed by atoms with van der Waals surface area (Å²) in [6.45, 7) is 7.99. The van der Waals surface area contributed by atoms with Gasteiger partial charge in [-0.25, -0.2) is 13.2 Å². The molecular weight excluding hydrogens is 304 g/mol. The predicted octanol–water partition coefficient (Wildman–Crippen LogP) is 1.85. The standard InChI is InChI=1S/C15H30N2O4S/c1-6-11(17-14(18)21-15(2,3)4)10-16-12-8-7-9-13(12)22(5,19)20/h11-13,16H,6-10H2,1-5H3,(H,17,18). The Kier molecular flexibility index (Phi) is 6.67. The van der Waals surface area contributed by atoms with Crippen molar-refractivity contribution in [1.29, 1.82) is 0 Å². The molecule has 0 spiro atoms. The van der Waals surface area contributed by atoms with Gasteiger partial charge in [0.15, 0.2) is 9.84 Å². The molecule has 0 aliphatic heterocycles. The van der Waals surface area contributed by atoms with Crippen LogP contribution in [0.5, 0.6) is 0 Å². The summed E-state index contributed by atoms with van der Waals surface area (Å²) in [5, 5.41) is 5.82. The molecule has 130 valence electrons. The highest BCUT2D eigenvalue weighted by molar-refractivity contribution is 7.91. The molecule has 7 heteroatoms. The van der Waals surface area contributed by atoms with Crippen molar-refractivity contribution in [3.05, 3.63) is 0 Å². The monoisotopic (exact) mass is 334 g/mol. The van der Waals surface area contributed by atoms with Crippen molar-refractivity contribution in [1.82, 2.24) is 10.6 Å². The number of amides is 1. The van der Waals surface area contributed by atoms with E-state index in [9.17, 15) is 13.2 Å². The summed E-state index contributed by atoms with van der Waals surface area (Å²) in [7, 11) is -3.03. The summed E-state index contributed by atoms with van der Waals surface area (Å²) in [5.74, 6) is 0. The molecule has 1 amide bonds. The molecule has 2 N–H and O–H groups in total. The number of rotatable bonds is 6. The van der Waals surface area contributed by atoms with Crippen LogP contribution in [0, 0.1) is 0 Å². The van der Waals surface area contributed by atoms with Crippen LogP contribution in [0.4, 0.5) is 4.79 Å². The van der Waals surface area contributed by atoms with E-state index in [4.69, 9.17) is 4.74 Å². The van der Waals surface area contributed by atoms with Gasteiger partial charge in [-0.2, -0.15) is 0 Å². The first-order valence-electron chi connectivity index (χ1n) is 7.94. The van der Waals surface area contributed by atoms with E-state index in [0.717, 1.165) is 19.3 Å². The Bertz CT molecular complexity index is 470. The smallest absolute Gasteiger partial charge is 0.407 e. The number of hydrogen-bond acceptors (Lipinski definition) is 5. The van der Waals surface area contributed by atoms with Crippen LogP contribution in [0.25, 0.3) is 0 Å². The minimum atomic E-state index is -3.03. The minimum Gasteiger partial charge on any atom is -0.444 e. The van der Waals surface area contributed by atoms with Crippen molar-refractivity contribution in [2.24, 2.45) is 0 Å². The second-order valence-electron chi connectivity index (χ2n) is 7.07. The minimum absolute atomic E-state index is 0.0236. The zero-order valence-corrected chi connectivity index (χ0v) is 15.1. The second kappa shape index (κ2) is 7.64. The summed E-state index contributed by atoms with van der Waals surface area (Å²) in [6.07, 6.45) is 4.11. The van der Waals surface area contributed by atoms with E-state index >= 15 is 0 Å². The van der Waals surface area contributed by atoms with Crippen molar-refractivity contribution in [2.75, 3.05) is 12.8 Å². The van der Waals surface area contributed by atoms with Gasteiger partial charge in [-0.15, -0.1) is 0 Å². The van der Waals surface area contributed by atoms with Gasteiger partial charge in [-0.3, -0.25) is 0 Å². The summed E-state index contributed by atoms with van der Waals surface area (Å²) in [4.78, 5) is 11.8. The molecule has 0 heterocycles. The van der Waals surface area contributed by atoms with Crippen molar-refractivity contribution in [3.8, 4) is 0 Å². The largest absolute Gasteiger partial charge is 0.444 e. The van der Waals surface area contributed by atoms with Gasteiger partial charge in [-0.1, -0.05) is 13.3 Å². The Morgan fingerprint density at radius 2 is 1.95 bits per heavy atom. The first kappa shape index (κ1) is 19.2. The molecule has 22 heavy (non-hydrogen) atoms. The molecular formula is C15H30N2O4S. The van der Waals surface area contributed by atoms with Gasteiger partial charge in [0.05, 0.1) is 5.25 Å². The molecule has 1 rings (SSSR count). The molecule has 3 unspecified atom stereocenters. The maximum absolute atomic E-state index is 11.8. The van der Waals surface area contributed by atoms with E-state index in [0.29, 0.717) is 13.0 Å². The first-order valence-corrected chi connectivity index (χ1v) is 9.90. The molecule has 1 aliphatic rings. The molecule has 0 aromatic carbocycles. The average molecular weight is 334 g/mol. The van der Waals surface area contributed by atoms with E-state index in [1.165, 1.54) is 6.26 Å². The number of ether oxygens (including phenoxy) is 1. The highest BCUT2D eigenvalue weighted by Gasteiger charge is 2.34. The van der Waals surface area contributed by atoms with Crippen molar-refractivity contribution in [3.63, 3.8) is 0 Å². The normalized spacial score (nSPS) is 24.0. The summed E-state index contributed by atoms with van der Waals surface area (Å²) in [6, 6.07) is -0.0971. The Morgan fingerprint density at radius 3 is 2.45 bits per heavy atom. The highest BCUT2D eigenvalue weighted by atomic mass is 32.2. The van der Waals surface area contributed by atoms with Gasteiger partial charge in [0.25, 0.3) is 0 Å². The van der Waals surface area contributed by atoms with Crippen LogP contribution in [0.2, 0.25) is 0 Å². The van der Waals surface area contributed by atoms with Gasteiger partial charge in [0, 0.05) is 24.9 Å². The number of hydrogen-bond donors (Lipinski definition) is 2. The Labute approximate surface area is 134 Å². The van der Waals surface area contributed by atoms with E-state index in [1.807, 2.05) is 27.7 Å². The van der Waals surface area contributed by atoms with Crippen LogP contribution in [-0.2, 0) is 14.6 Å². The highest BCUT2D eigenvalue weighted by Crippen LogP contribution is 2.25. The molecule has 1 fully saturated rings. The van der Waals surface area contributed by atoms with Gasteiger partial charge in [0.1, 0.15) is 5.60 Å². The first-order chi connectivity index (χ1) is 10.0. The topological polar surface area (TPSA) is 84.5 Å². The molecule has 1 saturated carbocycles. The van der Waals surface area contributed by atoms with Crippen molar-refractivity contribution < 1.29 is 17.9 Å². The summed E-state index contributed by atoms with van der Waals surface area (Å²) in [5.41, 5.74) is -0.525. The van der Waals surface area contributed by atoms with Crippen LogP contribution >= 0.6 is 0 Å². The molecule has 0 saturated heterocycles. The molecule has 1 aliphatic carbocycles. The molecule has 3 atom stereocenters. The lowest BCUT2D eigenvalue weighted by Gasteiger charge is -2.25. The third kappa shape index (κ3) is 6.52. The SMILES string of the molecule is CCC(CNC1CCCC1S(C)(=O)=O)NC(=O)OC(C)(C)C. The fourth-order valence-electron chi connectivity index (χ4n) is 2.74. The van der Waals surface area contributed by atoms with Crippen LogP contribution < -0.4 is 10.6 Å². The van der Waals surface area contributed by atoms with Crippen molar-refractivity contribution >= 4 is 15.9 Å². The number of carbonyl (C=O) groups excluding carboxylic acids is 1. The lowest BCUT2D eigenvalue weighted by atomic mass is 10.2. The fourth-order valence-corrected chi connectivity index (χ4v) is 4.16. The van der Waals surface area contributed by atoms with Gasteiger partial charge in [0.2, 0.25) is 0 Å². The molecule has 0 aromatic heterocycles. The van der Waals surface area contributed by atoms with E-state index in [2.05, 4.69) is 10.6 Å². The lowest BCUT2D eigenvalue weighted by Crippen LogP contribution is -2.48. The maximum Gasteiger partial charge on any atom is 0.407 e. The molecule has 0 aromatic rings. The Hall–Kier alpha value is -0.820. The zero-order valence-electron chi connectivity index (χ0n) is 14.3. The van der Waals surface area contributed by atoms with Crippen LogP contribution in [0.1, 0.15) is 53.4 Å². The van der Waals surface area contributed by atoms with Gasteiger partial charge < -0.3 is 15.4 Å². The fraction of sp³-hybridized carbons (Fsp3) is 0.933. The Morgan fingerprint density at radius 1 is 1.32 bits per heavy atom. The van der Waals surface area contributed by atoms with E-state index < -0.39 is 21.5 Å². The molecule has 0 radical (unpaired) electrons. The van der Waals surface area contributed by atoms with Gasteiger partial charge in [-0.05, 0) is 40.0 Å². The molecule has 6 nitrogen and oxygen atoms in total. The van der Waals surface area contributed by atoms with E-state index in [-0.39, 0.29) is 17.3 Å². The second-order valence-corrected chi connectivity index (χ2v) is 9.33. The third-order valence-electron chi connectivity index (χ3n) is 3.84. The summed E-state index contributed by atoms with van der Waals surface area (Å²) >= 11 is 0. The van der Waals surface area contributed by atoms with Crippen LogP contribution in [0.15, 0.2) is 0 Å². The number of carbonyl (C=O) groups is 1. The zero-order chi connectivity index (χ0) is 17.0. The van der Waals surface area contributed by atoms with Crippen LogP contribution in [-0.4, -0.2) is 50.2 Å². The summed E-state index contributed by atoms with van der Waals surface area (Å²) < 4.78 is 28.8. The average Bonchev–Trinajstić information content (AvgIpc) is 2.80. The maximum atomic E-state index is 11.8. The quantitative estimate of drug-likeness (QED) is 0.774. The van der Waals surface area contributed by atoms with Crippen molar-refractivity contribution in [2.45, 2.75) is 76.3 Å². The number of alkyl carbamates (subject to hydrolysis) is 1. The number of sulfone groups is 1. The van der Waals surface area contributed by atoms with E-state index in [1.54, 1.807) is 0 Å². The predicted molar refractivity (Wildman–Crippen MR) is 87.7 cm³/mol. The third-order valence-corrected chi connectivity index (χ3v) is 5.51.